The van der Waals surface area contributed by atoms with Crippen molar-refractivity contribution in [1.82, 2.24) is 29.7 Å². The van der Waals surface area contributed by atoms with Crippen LogP contribution in [0.5, 0.6) is 0 Å². The lowest BCUT2D eigenvalue weighted by Crippen LogP contribution is -2.45. The molecule has 0 radical (unpaired) electrons. The van der Waals surface area contributed by atoms with Crippen LogP contribution in [0.1, 0.15) is 30.1 Å². The number of fused-ring (bicyclic) bond motifs is 1. The van der Waals surface area contributed by atoms with E-state index in [0.29, 0.717) is 34.7 Å². The lowest BCUT2D eigenvalue weighted by Gasteiger charge is -2.29. The van der Waals surface area contributed by atoms with E-state index in [2.05, 4.69) is 24.9 Å². The minimum absolute atomic E-state index is 0.0388. The fourth-order valence-electron chi connectivity index (χ4n) is 3.32. The monoisotopic (exact) mass is 415 g/mol. The Bertz CT molecular complexity index is 1020. The molecule has 0 aromatic carbocycles. The molecule has 0 atom stereocenters. The minimum Gasteiger partial charge on any atom is -0.379 e. The maximum absolute atomic E-state index is 11.1. The van der Waals surface area contributed by atoms with Gasteiger partial charge < -0.3 is 26.7 Å². The molecular weight excluding hydrogens is 390 g/mol. The first-order chi connectivity index (χ1) is 14.5. The van der Waals surface area contributed by atoms with E-state index >= 15 is 0 Å². The first-order valence-corrected chi connectivity index (χ1v) is 9.61. The largest absolute Gasteiger partial charge is 0.379 e. The average Bonchev–Trinajstić information content (AvgIpc) is 3.36. The molecule has 4 rings (SSSR count). The number of rotatable bonds is 4. The van der Waals surface area contributed by atoms with E-state index in [1.54, 1.807) is 11.1 Å². The van der Waals surface area contributed by atoms with Crippen molar-refractivity contribution in [3.8, 4) is 11.5 Å². The average molecular weight is 415 g/mol. The van der Waals surface area contributed by atoms with E-state index in [4.69, 9.17) is 17.2 Å². The fourth-order valence-corrected chi connectivity index (χ4v) is 3.32. The number of aldehydes is 1. The van der Waals surface area contributed by atoms with Gasteiger partial charge in [0.25, 0.3) is 0 Å². The standard InChI is InChI=1S/C11H10N6O2.C7H15N3O/c1-2-17-9-6(5-18)3-13-4-7(9)14-11(17)8-10(12)16-19-15-8;8-5-7(11)10-3-1-6(9)2-4-10/h3-5H,2H2,1H3,(H2,12,16);6H,1-5,8-9H2. The second-order valence-electron chi connectivity index (χ2n) is 6.81. The van der Waals surface area contributed by atoms with Gasteiger partial charge in [0, 0.05) is 31.9 Å². The number of anilines is 1. The number of amides is 1. The summed E-state index contributed by atoms with van der Waals surface area (Å²) in [6.45, 7) is 4.20. The molecule has 1 saturated heterocycles. The second-order valence-corrected chi connectivity index (χ2v) is 6.81. The van der Waals surface area contributed by atoms with Gasteiger partial charge in [0.05, 0.1) is 23.8 Å². The van der Waals surface area contributed by atoms with Crippen LogP contribution < -0.4 is 17.2 Å². The molecule has 3 aromatic rings. The third-order valence-electron chi connectivity index (χ3n) is 4.91. The van der Waals surface area contributed by atoms with E-state index in [9.17, 15) is 9.59 Å². The lowest BCUT2D eigenvalue weighted by atomic mass is 10.1. The van der Waals surface area contributed by atoms with E-state index in [-0.39, 0.29) is 24.3 Å². The van der Waals surface area contributed by atoms with Crippen LogP contribution in [0.15, 0.2) is 17.0 Å². The number of nitrogens with zero attached hydrogens (tertiary/aromatic N) is 6. The number of aryl methyl sites for hydroxylation is 1. The highest BCUT2D eigenvalue weighted by molar-refractivity contribution is 5.95. The molecule has 0 aliphatic carbocycles. The zero-order chi connectivity index (χ0) is 21.7. The van der Waals surface area contributed by atoms with Crippen LogP contribution in [-0.2, 0) is 11.3 Å². The molecular formula is C18H25N9O3. The van der Waals surface area contributed by atoms with Crippen LogP contribution in [0.25, 0.3) is 22.6 Å². The number of piperidine rings is 1. The van der Waals surface area contributed by atoms with Gasteiger partial charge in [-0.05, 0) is 30.1 Å². The molecule has 4 heterocycles. The van der Waals surface area contributed by atoms with E-state index < -0.39 is 0 Å². The van der Waals surface area contributed by atoms with Gasteiger partial charge in [-0.3, -0.25) is 14.6 Å². The van der Waals surface area contributed by atoms with Crippen LogP contribution in [-0.4, -0.2) is 67.6 Å². The molecule has 1 aliphatic rings. The third-order valence-corrected chi connectivity index (χ3v) is 4.91. The van der Waals surface area contributed by atoms with Crippen molar-refractivity contribution in [2.75, 3.05) is 25.4 Å². The molecule has 1 amide bonds. The predicted octanol–water partition coefficient (Wildman–Crippen LogP) is -0.209. The number of carbonyl (C=O) groups excluding carboxylic acids is 2. The number of likely N-dealkylation sites (tertiary alicyclic amines) is 1. The van der Waals surface area contributed by atoms with Crippen LogP contribution in [0.2, 0.25) is 0 Å². The van der Waals surface area contributed by atoms with Gasteiger partial charge in [0.1, 0.15) is 5.52 Å². The smallest absolute Gasteiger partial charge is 0.236 e. The molecule has 12 heteroatoms. The van der Waals surface area contributed by atoms with Crippen molar-refractivity contribution in [1.29, 1.82) is 0 Å². The summed E-state index contributed by atoms with van der Waals surface area (Å²) in [5.74, 6) is 0.704. The summed E-state index contributed by atoms with van der Waals surface area (Å²) in [6.07, 6.45) is 5.65. The van der Waals surface area contributed by atoms with Gasteiger partial charge in [-0.2, -0.15) is 0 Å². The molecule has 0 unspecified atom stereocenters. The Labute approximate surface area is 172 Å². The first kappa shape index (κ1) is 21.3. The molecule has 3 aromatic heterocycles. The van der Waals surface area contributed by atoms with Crippen molar-refractivity contribution in [3.63, 3.8) is 0 Å². The quantitative estimate of drug-likeness (QED) is 0.481. The van der Waals surface area contributed by atoms with E-state index in [1.807, 2.05) is 11.5 Å². The van der Waals surface area contributed by atoms with Crippen molar-refractivity contribution >= 4 is 29.0 Å². The number of pyridine rings is 1. The summed E-state index contributed by atoms with van der Waals surface area (Å²) in [4.78, 5) is 32.3. The maximum atomic E-state index is 11.1. The van der Waals surface area contributed by atoms with Crippen molar-refractivity contribution in [3.05, 3.63) is 18.0 Å². The fraction of sp³-hybridized carbons (Fsp3) is 0.444. The Kier molecular flexibility index (Phi) is 6.69. The topological polar surface area (TPSA) is 185 Å². The zero-order valence-corrected chi connectivity index (χ0v) is 16.7. The van der Waals surface area contributed by atoms with Crippen LogP contribution in [0.4, 0.5) is 5.82 Å². The maximum Gasteiger partial charge on any atom is 0.236 e. The number of aromatic nitrogens is 5. The van der Waals surface area contributed by atoms with Crippen molar-refractivity contribution < 1.29 is 14.2 Å². The molecule has 1 aliphatic heterocycles. The van der Waals surface area contributed by atoms with Crippen LogP contribution >= 0.6 is 0 Å². The molecule has 160 valence electrons. The SMILES string of the molecule is CCn1c(-c2nonc2N)nc2cncc(C=O)c21.NCC(=O)N1CCC(N)CC1. The number of carbonyl (C=O) groups is 2. The van der Waals surface area contributed by atoms with Gasteiger partial charge >= 0.3 is 0 Å². The Morgan fingerprint density at radius 3 is 2.60 bits per heavy atom. The molecule has 6 N–H and O–H groups in total. The number of nitrogens with two attached hydrogens (primary N) is 3. The molecule has 1 fully saturated rings. The molecule has 0 saturated carbocycles. The Morgan fingerprint density at radius 1 is 1.30 bits per heavy atom. The predicted molar refractivity (Wildman–Crippen MR) is 109 cm³/mol. The van der Waals surface area contributed by atoms with Gasteiger partial charge in [0.15, 0.2) is 23.6 Å². The third kappa shape index (κ3) is 4.28. The molecule has 30 heavy (non-hydrogen) atoms. The van der Waals surface area contributed by atoms with E-state index in [0.717, 1.165) is 32.2 Å². The second kappa shape index (κ2) is 9.41. The summed E-state index contributed by atoms with van der Waals surface area (Å²) in [7, 11) is 0. The normalized spacial score (nSPS) is 14.4. The van der Waals surface area contributed by atoms with Crippen molar-refractivity contribution in [2.24, 2.45) is 11.5 Å². The molecule has 12 nitrogen and oxygen atoms in total. The number of imidazole rings is 1. The summed E-state index contributed by atoms with van der Waals surface area (Å²) in [6, 6.07) is 0.275. The number of nitrogen functional groups attached to an aromatic ring is 1. The summed E-state index contributed by atoms with van der Waals surface area (Å²) >= 11 is 0. The number of hydrogen-bond acceptors (Lipinski definition) is 10. The summed E-state index contributed by atoms with van der Waals surface area (Å²) in [5, 5.41) is 7.28. The lowest BCUT2D eigenvalue weighted by molar-refractivity contribution is -0.130. The number of hydrogen-bond donors (Lipinski definition) is 3. The van der Waals surface area contributed by atoms with Gasteiger partial charge in [0.2, 0.25) is 5.91 Å². The van der Waals surface area contributed by atoms with Crippen LogP contribution in [0.3, 0.4) is 0 Å². The van der Waals surface area contributed by atoms with Gasteiger partial charge in [-0.15, -0.1) is 0 Å². The first-order valence-electron chi connectivity index (χ1n) is 9.61. The summed E-state index contributed by atoms with van der Waals surface area (Å²) in [5.41, 5.74) is 18.7. The van der Waals surface area contributed by atoms with E-state index in [1.165, 1.54) is 6.20 Å². The Morgan fingerprint density at radius 2 is 2.03 bits per heavy atom. The Balaban J connectivity index is 0.000000199. The highest BCUT2D eigenvalue weighted by Gasteiger charge is 2.20. The van der Waals surface area contributed by atoms with Crippen molar-refractivity contribution in [2.45, 2.75) is 32.4 Å². The summed E-state index contributed by atoms with van der Waals surface area (Å²) < 4.78 is 6.42. The molecule has 0 spiro atoms. The van der Waals surface area contributed by atoms with Gasteiger partial charge in [-0.1, -0.05) is 0 Å². The highest BCUT2D eigenvalue weighted by Crippen LogP contribution is 2.27. The zero-order valence-electron chi connectivity index (χ0n) is 16.7. The minimum atomic E-state index is 0.0388. The Hall–Kier alpha value is -3.38. The van der Waals surface area contributed by atoms with Crippen LogP contribution in [0, 0.1) is 0 Å². The molecule has 0 bridgehead atoms. The van der Waals surface area contributed by atoms with Gasteiger partial charge in [-0.25, -0.2) is 9.61 Å². The highest BCUT2D eigenvalue weighted by atomic mass is 16.6.